The van der Waals surface area contributed by atoms with Crippen molar-refractivity contribution in [2.45, 2.75) is 63.8 Å². The minimum absolute atomic E-state index is 0.0165. The second-order valence-electron chi connectivity index (χ2n) is 13.5. The Labute approximate surface area is 275 Å². The zero-order chi connectivity index (χ0) is 32.5. The Bertz CT molecular complexity index is 1600. The molecule has 1 aromatic heterocycles. The zero-order valence-electron chi connectivity index (χ0n) is 27.4. The van der Waals surface area contributed by atoms with Crippen LogP contribution in [-0.2, 0) is 22.5 Å². The van der Waals surface area contributed by atoms with Crippen molar-refractivity contribution in [3.8, 4) is 0 Å². The Morgan fingerprint density at radius 3 is 2.40 bits per heavy atom. The number of carbonyl (C=O) groups is 3. The van der Waals surface area contributed by atoms with Crippen molar-refractivity contribution in [2.75, 3.05) is 64.7 Å². The molecule has 0 aliphatic carbocycles. The lowest BCUT2D eigenvalue weighted by Gasteiger charge is -2.43. The van der Waals surface area contributed by atoms with Crippen LogP contribution in [0.2, 0.25) is 0 Å². The molecule has 1 atom stereocenters. The largest absolute Gasteiger partial charge is 0.436 e. The van der Waals surface area contributed by atoms with Gasteiger partial charge in [0, 0.05) is 70.0 Å². The number of carbonyl (C=O) groups excluding carboxylic acids is 3. The van der Waals surface area contributed by atoms with Gasteiger partial charge in [-0.3, -0.25) is 9.69 Å². The number of piperidine rings is 2. The number of rotatable bonds is 6. The van der Waals surface area contributed by atoms with Crippen molar-refractivity contribution in [3.05, 3.63) is 53.1 Å². The molecule has 47 heavy (non-hydrogen) atoms. The van der Waals surface area contributed by atoms with Crippen LogP contribution < -0.4 is 5.32 Å². The number of nitrogens with one attached hydrogen (secondary N) is 2. The van der Waals surface area contributed by atoms with E-state index in [4.69, 9.17) is 4.74 Å². The van der Waals surface area contributed by atoms with Gasteiger partial charge in [-0.2, -0.15) is 15.4 Å². The number of benzene rings is 2. The second kappa shape index (κ2) is 13.5. The third-order valence-corrected chi connectivity index (χ3v) is 10.5. The number of aromatic nitrogens is 3. The van der Waals surface area contributed by atoms with E-state index in [-0.39, 0.29) is 24.4 Å². The zero-order valence-corrected chi connectivity index (χ0v) is 27.4. The first-order valence-electron chi connectivity index (χ1n) is 16.9. The van der Waals surface area contributed by atoms with E-state index in [2.05, 4.69) is 37.6 Å². The van der Waals surface area contributed by atoms with E-state index in [1.165, 1.54) is 0 Å². The summed E-state index contributed by atoms with van der Waals surface area (Å²) in [6, 6.07) is 12.2. The quantitative estimate of drug-likeness (QED) is 0.420. The van der Waals surface area contributed by atoms with Crippen molar-refractivity contribution in [1.29, 1.82) is 0 Å². The van der Waals surface area contributed by atoms with Crippen LogP contribution in [0, 0.1) is 6.92 Å². The SMILES string of the molecule is Cc1cc(C[C@@H](OC(=O)N2CCC(N3Cc4ccccc4NC3=O)CC2)C(=O)N2CCN(C3CCN(C)CC3)CC2)cc2n[nH]nc12. The molecular formula is C34H45N9O4. The summed E-state index contributed by atoms with van der Waals surface area (Å²) in [5.74, 6) is -0.155. The molecule has 4 amide bonds. The molecule has 3 fully saturated rings. The van der Waals surface area contributed by atoms with E-state index < -0.39 is 12.2 Å². The monoisotopic (exact) mass is 643 g/mol. The lowest BCUT2D eigenvalue weighted by atomic mass is 10.0. The molecule has 2 N–H and O–H groups in total. The van der Waals surface area contributed by atoms with Crippen molar-refractivity contribution in [2.24, 2.45) is 0 Å². The highest BCUT2D eigenvalue weighted by atomic mass is 16.6. The molecule has 0 radical (unpaired) electrons. The molecule has 0 saturated carbocycles. The minimum atomic E-state index is -0.955. The first-order chi connectivity index (χ1) is 22.8. The Balaban J connectivity index is 1.00. The highest BCUT2D eigenvalue weighted by molar-refractivity contribution is 5.92. The molecule has 3 aromatic rings. The number of anilines is 1. The third kappa shape index (κ3) is 6.77. The standard InChI is InChI=1S/C34H45N9O4/c1-23-19-24(20-29-31(23)37-38-36-29)21-30(32(44)41-17-15-40(16-18-41)26-7-11-39(2)12-8-26)47-34(46)42-13-9-27(10-14-42)43-22-25-5-3-4-6-28(25)35-33(43)45/h3-6,19-20,26-27,30H,7-18,21-22H2,1-2H3,(H,35,45)(H,36,37,38)/t30-/m1/s1. The summed E-state index contributed by atoms with van der Waals surface area (Å²) >= 11 is 0. The summed E-state index contributed by atoms with van der Waals surface area (Å²) in [7, 11) is 2.17. The molecular weight excluding hydrogens is 598 g/mol. The van der Waals surface area contributed by atoms with E-state index in [9.17, 15) is 14.4 Å². The van der Waals surface area contributed by atoms with Crippen LogP contribution in [0.25, 0.3) is 11.0 Å². The summed E-state index contributed by atoms with van der Waals surface area (Å²) in [6.45, 7) is 8.52. The van der Waals surface area contributed by atoms with Gasteiger partial charge in [-0.1, -0.05) is 24.3 Å². The molecule has 13 nitrogen and oxygen atoms in total. The highest BCUT2D eigenvalue weighted by Crippen LogP contribution is 2.28. The van der Waals surface area contributed by atoms with Crippen LogP contribution in [0.3, 0.4) is 0 Å². The molecule has 0 bridgehead atoms. The van der Waals surface area contributed by atoms with Crippen molar-refractivity contribution in [3.63, 3.8) is 0 Å². The molecule has 7 rings (SSSR count). The first kappa shape index (κ1) is 31.4. The van der Waals surface area contributed by atoms with Crippen molar-refractivity contribution in [1.82, 2.24) is 39.9 Å². The fourth-order valence-corrected chi connectivity index (χ4v) is 7.65. The van der Waals surface area contributed by atoms with Gasteiger partial charge in [0.05, 0.1) is 0 Å². The normalized spacial score (nSPS) is 21.1. The predicted octanol–water partition coefficient (Wildman–Crippen LogP) is 3.06. The number of nitrogens with zero attached hydrogens (tertiary/aromatic N) is 7. The minimum Gasteiger partial charge on any atom is -0.436 e. The average molecular weight is 644 g/mol. The van der Waals surface area contributed by atoms with Gasteiger partial charge in [-0.15, -0.1) is 0 Å². The number of amides is 4. The fraction of sp³-hybridized carbons (Fsp3) is 0.559. The number of hydrogen-bond donors (Lipinski definition) is 2. The maximum absolute atomic E-state index is 14.1. The number of aryl methyl sites for hydroxylation is 1. The molecule has 0 spiro atoms. The number of ether oxygens (including phenoxy) is 1. The number of urea groups is 1. The van der Waals surface area contributed by atoms with Crippen molar-refractivity contribution < 1.29 is 19.1 Å². The Hall–Kier alpha value is -4.23. The second-order valence-corrected chi connectivity index (χ2v) is 13.5. The van der Waals surface area contributed by atoms with E-state index in [1.807, 2.05) is 53.1 Å². The first-order valence-corrected chi connectivity index (χ1v) is 16.9. The van der Waals surface area contributed by atoms with Crippen LogP contribution in [0.1, 0.15) is 42.4 Å². The van der Waals surface area contributed by atoms with E-state index in [1.54, 1.807) is 4.90 Å². The summed E-state index contributed by atoms with van der Waals surface area (Å²) in [5, 5.41) is 14.1. The van der Waals surface area contributed by atoms with Gasteiger partial charge >= 0.3 is 12.1 Å². The Kier molecular flexibility index (Phi) is 9.00. The lowest BCUT2D eigenvalue weighted by molar-refractivity contribution is -0.143. The smallest absolute Gasteiger partial charge is 0.410 e. The number of aromatic amines is 1. The van der Waals surface area contributed by atoms with Crippen LogP contribution >= 0.6 is 0 Å². The maximum Gasteiger partial charge on any atom is 0.410 e. The van der Waals surface area contributed by atoms with Crippen LogP contribution in [0.15, 0.2) is 36.4 Å². The molecule has 0 unspecified atom stereocenters. The molecule has 250 valence electrons. The highest BCUT2D eigenvalue weighted by Gasteiger charge is 2.36. The van der Waals surface area contributed by atoms with Crippen LogP contribution in [0.4, 0.5) is 15.3 Å². The van der Waals surface area contributed by atoms with Crippen molar-refractivity contribution >= 4 is 34.8 Å². The molecule has 5 heterocycles. The summed E-state index contributed by atoms with van der Waals surface area (Å²) in [5.41, 5.74) is 5.26. The molecule has 3 saturated heterocycles. The number of hydrogen-bond acceptors (Lipinski definition) is 8. The Morgan fingerprint density at radius 2 is 1.64 bits per heavy atom. The van der Waals surface area contributed by atoms with Gasteiger partial charge < -0.3 is 29.7 Å². The number of H-pyrrole nitrogens is 1. The predicted molar refractivity (Wildman–Crippen MR) is 177 cm³/mol. The molecule has 13 heteroatoms. The third-order valence-electron chi connectivity index (χ3n) is 10.5. The van der Waals surface area contributed by atoms with E-state index in [0.29, 0.717) is 51.6 Å². The topological polar surface area (TPSA) is 130 Å². The molecule has 4 aliphatic rings. The van der Waals surface area contributed by atoms with Gasteiger partial charge in [0.1, 0.15) is 11.0 Å². The van der Waals surface area contributed by atoms with Gasteiger partial charge in [0.25, 0.3) is 5.91 Å². The Morgan fingerprint density at radius 1 is 0.915 bits per heavy atom. The van der Waals surface area contributed by atoms with Crippen LogP contribution in [-0.4, -0.2) is 136 Å². The summed E-state index contributed by atoms with van der Waals surface area (Å²) in [4.78, 5) is 50.9. The summed E-state index contributed by atoms with van der Waals surface area (Å²) < 4.78 is 6.09. The number of likely N-dealkylation sites (tertiary alicyclic amines) is 2. The van der Waals surface area contributed by atoms with E-state index >= 15 is 0 Å². The van der Waals surface area contributed by atoms with Gasteiger partial charge in [-0.25, -0.2) is 9.59 Å². The van der Waals surface area contributed by atoms with Crippen LogP contribution in [0.5, 0.6) is 0 Å². The number of fused-ring (bicyclic) bond motifs is 2. The summed E-state index contributed by atoms with van der Waals surface area (Å²) in [6.07, 6.45) is 2.41. The average Bonchev–Trinajstić information content (AvgIpc) is 3.57. The molecule has 2 aromatic carbocycles. The fourth-order valence-electron chi connectivity index (χ4n) is 7.65. The van der Waals surface area contributed by atoms with Gasteiger partial charge in [-0.05, 0) is 81.6 Å². The molecule has 4 aliphatic heterocycles. The number of para-hydroxylation sites is 1. The van der Waals surface area contributed by atoms with E-state index in [0.717, 1.165) is 72.4 Å². The van der Waals surface area contributed by atoms with Gasteiger partial charge in [0.15, 0.2) is 6.10 Å². The maximum atomic E-state index is 14.1. The van der Waals surface area contributed by atoms with Gasteiger partial charge in [0.2, 0.25) is 0 Å². The lowest BCUT2D eigenvalue weighted by Crippen LogP contribution is -2.56. The number of piperazine rings is 1.